The van der Waals surface area contributed by atoms with Gasteiger partial charge in [-0.25, -0.2) is 4.39 Å². The molecule has 2 nitrogen and oxygen atoms in total. The molecular weight excluding hydrogens is 236 g/mol. The van der Waals surface area contributed by atoms with Crippen LogP contribution in [0.1, 0.15) is 0 Å². The molecule has 0 unspecified atom stereocenters. The number of halogens is 3. The van der Waals surface area contributed by atoms with Gasteiger partial charge in [0.05, 0.1) is 4.47 Å². The molecule has 1 aromatic carbocycles. The summed E-state index contributed by atoms with van der Waals surface area (Å²) in [4.78, 5) is 4.22. The first-order valence-electron chi connectivity index (χ1n) is 2.56. The Kier molecular flexibility index (Phi) is 4.40. The van der Waals surface area contributed by atoms with Crippen LogP contribution in [0.2, 0.25) is 0 Å². The molecule has 0 atom stereocenters. The lowest BCUT2D eigenvalue weighted by molar-refractivity contribution is 0.315. The van der Waals surface area contributed by atoms with Gasteiger partial charge in [0, 0.05) is 0 Å². The van der Waals surface area contributed by atoms with Crippen LogP contribution in [0.4, 0.5) is 4.39 Å². The van der Waals surface area contributed by atoms with E-state index in [0.29, 0.717) is 4.47 Å². The fraction of sp³-hybridized carbons (Fsp3) is 0. The molecule has 0 saturated heterocycles. The Morgan fingerprint density at radius 1 is 1.45 bits per heavy atom. The third-order valence-electron chi connectivity index (χ3n) is 1.04. The summed E-state index contributed by atoms with van der Waals surface area (Å²) in [5.74, 6) is 4.31. The molecule has 0 aromatic heterocycles. The summed E-state index contributed by atoms with van der Waals surface area (Å²) in [6.07, 6.45) is 0. The number of benzene rings is 1. The summed E-state index contributed by atoms with van der Waals surface area (Å²) in [7, 11) is 0. The Balaban J connectivity index is 0.000001000. The molecule has 0 aliphatic heterocycles. The van der Waals surface area contributed by atoms with Crippen LogP contribution in [0.5, 0.6) is 5.75 Å². The summed E-state index contributed by atoms with van der Waals surface area (Å²) >= 11 is 2.98. The number of rotatable bonds is 1. The molecular formula is C6H6BrClFNO. The fourth-order valence-electron chi connectivity index (χ4n) is 0.575. The second-order valence-electron chi connectivity index (χ2n) is 1.67. The molecule has 0 aliphatic carbocycles. The minimum atomic E-state index is -0.481. The average molecular weight is 242 g/mol. The van der Waals surface area contributed by atoms with Crippen LogP contribution in [0.15, 0.2) is 22.7 Å². The van der Waals surface area contributed by atoms with Crippen LogP contribution in [0.25, 0.3) is 0 Å². The van der Waals surface area contributed by atoms with E-state index in [9.17, 15) is 4.39 Å². The van der Waals surface area contributed by atoms with Crippen LogP contribution in [0, 0.1) is 5.82 Å². The summed E-state index contributed by atoms with van der Waals surface area (Å²) in [6.45, 7) is 0. The largest absolute Gasteiger partial charge is 0.408 e. The molecule has 0 heterocycles. The monoisotopic (exact) mass is 241 g/mol. The quantitative estimate of drug-likeness (QED) is 0.767. The normalized spacial score (nSPS) is 8.64. The van der Waals surface area contributed by atoms with Crippen molar-refractivity contribution in [1.29, 1.82) is 0 Å². The van der Waals surface area contributed by atoms with Gasteiger partial charge in [0.2, 0.25) is 0 Å². The maximum atomic E-state index is 12.8. The Bertz CT molecular complexity index is 246. The molecule has 0 aliphatic rings. The third kappa shape index (κ3) is 2.32. The second kappa shape index (κ2) is 4.54. The van der Waals surface area contributed by atoms with Crippen molar-refractivity contribution in [2.24, 2.45) is 5.90 Å². The first-order chi connectivity index (χ1) is 4.75. The van der Waals surface area contributed by atoms with Gasteiger partial charge in [0.15, 0.2) is 11.6 Å². The molecule has 2 N–H and O–H groups in total. The van der Waals surface area contributed by atoms with Crippen molar-refractivity contribution in [2.45, 2.75) is 0 Å². The Labute approximate surface area is 78.0 Å². The van der Waals surface area contributed by atoms with Gasteiger partial charge in [-0.1, -0.05) is 6.07 Å². The highest BCUT2D eigenvalue weighted by molar-refractivity contribution is 9.10. The minimum Gasteiger partial charge on any atom is -0.408 e. The van der Waals surface area contributed by atoms with E-state index < -0.39 is 5.82 Å². The van der Waals surface area contributed by atoms with Gasteiger partial charge in [-0.05, 0) is 28.1 Å². The fourth-order valence-corrected chi connectivity index (χ4v) is 0.923. The van der Waals surface area contributed by atoms with Crippen LogP contribution < -0.4 is 10.7 Å². The molecule has 62 valence electrons. The molecule has 5 heteroatoms. The highest BCUT2D eigenvalue weighted by Gasteiger charge is 2.04. The standard InChI is InChI=1S/C6H5BrFNO.ClH/c7-4-2-1-3-5(10-9)6(4)8;/h1-3H,9H2;1H. The average Bonchev–Trinajstić information content (AvgIpc) is 1.95. The lowest BCUT2D eigenvalue weighted by Crippen LogP contribution is -2.03. The number of nitrogens with two attached hydrogens (primary N) is 1. The van der Waals surface area contributed by atoms with Gasteiger partial charge in [-0.3, -0.25) is 0 Å². The first-order valence-corrected chi connectivity index (χ1v) is 3.35. The molecule has 0 spiro atoms. The van der Waals surface area contributed by atoms with Crippen molar-refractivity contribution in [3.63, 3.8) is 0 Å². The molecule has 0 amide bonds. The van der Waals surface area contributed by atoms with E-state index in [-0.39, 0.29) is 18.2 Å². The van der Waals surface area contributed by atoms with E-state index in [0.717, 1.165) is 0 Å². The van der Waals surface area contributed by atoms with E-state index in [4.69, 9.17) is 5.90 Å². The van der Waals surface area contributed by atoms with Crippen LogP contribution in [-0.4, -0.2) is 0 Å². The van der Waals surface area contributed by atoms with Crippen LogP contribution in [-0.2, 0) is 0 Å². The molecule has 0 radical (unpaired) electrons. The van der Waals surface area contributed by atoms with Gasteiger partial charge >= 0.3 is 0 Å². The zero-order chi connectivity index (χ0) is 7.56. The van der Waals surface area contributed by atoms with E-state index in [1.54, 1.807) is 12.1 Å². The molecule has 0 bridgehead atoms. The smallest absolute Gasteiger partial charge is 0.183 e. The van der Waals surface area contributed by atoms with Gasteiger partial charge in [0.1, 0.15) is 0 Å². The van der Waals surface area contributed by atoms with E-state index in [2.05, 4.69) is 20.8 Å². The van der Waals surface area contributed by atoms with Gasteiger partial charge in [0.25, 0.3) is 0 Å². The zero-order valence-corrected chi connectivity index (χ0v) is 7.78. The number of hydrogen-bond donors (Lipinski definition) is 1. The summed E-state index contributed by atoms with van der Waals surface area (Å²) in [5.41, 5.74) is 0. The van der Waals surface area contributed by atoms with Gasteiger partial charge < -0.3 is 4.84 Å². The maximum absolute atomic E-state index is 12.8. The lowest BCUT2D eigenvalue weighted by Gasteiger charge is -1.99. The van der Waals surface area contributed by atoms with E-state index in [1.807, 2.05) is 0 Å². The zero-order valence-electron chi connectivity index (χ0n) is 5.38. The predicted molar refractivity (Wildman–Crippen MR) is 46.2 cm³/mol. The second-order valence-corrected chi connectivity index (χ2v) is 2.52. The predicted octanol–water partition coefficient (Wildman–Crippen LogP) is 2.26. The van der Waals surface area contributed by atoms with Crippen molar-refractivity contribution < 1.29 is 9.23 Å². The molecule has 1 aromatic rings. The van der Waals surface area contributed by atoms with Crippen molar-refractivity contribution >= 4 is 28.3 Å². The first kappa shape index (κ1) is 10.7. The highest BCUT2D eigenvalue weighted by atomic mass is 79.9. The summed E-state index contributed by atoms with van der Waals surface area (Å²) < 4.78 is 13.1. The van der Waals surface area contributed by atoms with E-state index >= 15 is 0 Å². The molecule has 0 fully saturated rings. The van der Waals surface area contributed by atoms with E-state index in [1.165, 1.54) is 6.07 Å². The Morgan fingerprint density at radius 3 is 2.55 bits per heavy atom. The van der Waals surface area contributed by atoms with Gasteiger partial charge in [-0.2, -0.15) is 5.90 Å². The van der Waals surface area contributed by atoms with Gasteiger partial charge in [-0.15, -0.1) is 12.4 Å². The van der Waals surface area contributed by atoms with Crippen LogP contribution >= 0.6 is 28.3 Å². The SMILES string of the molecule is Cl.NOc1cccc(Br)c1F. The van der Waals surface area contributed by atoms with Crippen molar-refractivity contribution in [3.8, 4) is 5.75 Å². The lowest BCUT2D eigenvalue weighted by atomic mass is 10.3. The molecule has 11 heavy (non-hydrogen) atoms. The Morgan fingerprint density at radius 2 is 2.09 bits per heavy atom. The maximum Gasteiger partial charge on any atom is 0.183 e. The van der Waals surface area contributed by atoms with Crippen molar-refractivity contribution in [1.82, 2.24) is 0 Å². The minimum absolute atomic E-state index is 0. The summed E-state index contributed by atoms with van der Waals surface area (Å²) in [5, 5.41) is 0. The highest BCUT2D eigenvalue weighted by Crippen LogP contribution is 2.23. The van der Waals surface area contributed by atoms with Crippen molar-refractivity contribution in [2.75, 3.05) is 0 Å². The summed E-state index contributed by atoms with van der Waals surface area (Å²) in [6, 6.07) is 4.65. The molecule has 0 saturated carbocycles. The van der Waals surface area contributed by atoms with Crippen molar-refractivity contribution in [3.05, 3.63) is 28.5 Å². The number of hydrogen-bond acceptors (Lipinski definition) is 2. The topological polar surface area (TPSA) is 35.2 Å². The third-order valence-corrected chi connectivity index (χ3v) is 1.66. The molecule has 1 rings (SSSR count). The Hall–Kier alpha value is -0.320. The van der Waals surface area contributed by atoms with Crippen LogP contribution in [0.3, 0.4) is 0 Å².